The van der Waals surface area contributed by atoms with E-state index >= 15 is 0 Å². The van der Waals surface area contributed by atoms with Crippen molar-refractivity contribution in [1.82, 2.24) is 0 Å². The summed E-state index contributed by atoms with van der Waals surface area (Å²) in [5.74, 6) is 0. The van der Waals surface area contributed by atoms with Crippen molar-refractivity contribution >= 4 is 30.2 Å². The van der Waals surface area contributed by atoms with Crippen LogP contribution in [-0.2, 0) is 0 Å². The molecule has 2 nitrogen and oxygen atoms in total. The van der Waals surface area contributed by atoms with E-state index < -0.39 is 7.26 Å². The van der Waals surface area contributed by atoms with Crippen LogP contribution in [0.1, 0.15) is 107 Å². The minimum atomic E-state index is -1.96. The first-order chi connectivity index (χ1) is 19.6. The van der Waals surface area contributed by atoms with Gasteiger partial charge in [0.05, 0.1) is 0 Å². The predicted molar refractivity (Wildman–Crippen MR) is 179 cm³/mol. The van der Waals surface area contributed by atoms with Crippen LogP contribution in [0.3, 0.4) is 0 Å². The Hall–Kier alpha value is -1.24. The first-order valence-electron chi connectivity index (χ1n) is 16.9. The molecule has 0 N–H and O–H groups in total. The Kier molecular flexibility index (Phi) is 9.35. The molecular weight excluding hydrogens is 527 g/mol. The van der Waals surface area contributed by atoms with Crippen LogP contribution in [0.4, 0.5) is 11.4 Å². The summed E-state index contributed by atoms with van der Waals surface area (Å²) in [5.41, 5.74) is 8.33. The summed E-state index contributed by atoms with van der Waals surface area (Å²) in [7, 11) is -1.96. The summed E-state index contributed by atoms with van der Waals surface area (Å²) in [4.78, 5) is 5.55. The number of hydrogen-bond acceptors (Lipinski definition) is 2. The van der Waals surface area contributed by atoms with Gasteiger partial charge in [-0.1, -0.05) is 0 Å². The van der Waals surface area contributed by atoms with Gasteiger partial charge in [0, 0.05) is 0 Å². The summed E-state index contributed by atoms with van der Waals surface area (Å²) in [6, 6.07) is 18.2. The maximum absolute atomic E-state index is 8.48. The number of nitrogens with zero attached hydrogens (tertiary/aromatic N) is 2. The normalized spacial score (nSPS) is 24.0. The van der Waals surface area contributed by atoms with Crippen LogP contribution in [0.15, 0.2) is 48.5 Å². The van der Waals surface area contributed by atoms with Crippen molar-refractivity contribution in [2.24, 2.45) is 0 Å². The van der Waals surface area contributed by atoms with Gasteiger partial charge >= 0.3 is 251 Å². The van der Waals surface area contributed by atoms with Gasteiger partial charge in [-0.2, -0.15) is 0 Å². The van der Waals surface area contributed by atoms with E-state index in [0.29, 0.717) is 0 Å². The SMILES string of the molecule is Cc1ccccc1N1CCN(c2ccccc2C)C1[C@@H](Cl)[PH](C1CCCCC1)(C1CCCCC1)C1CCCCC1. The fourth-order valence-electron chi connectivity index (χ4n) is 10.0. The molecular formula is C36H54ClN2P. The molecule has 40 heavy (non-hydrogen) atoms. The Labute approximate surface area is 250 Å². The molecule has 3 aliphatic carbocycles. The Balaban J connectivity index is 1.51. The van der Waals surface area contributed by atoms with E-state index in [1.54, 1.807) is 0 Å². The molecule has 0 bridgehead atoms. The molecule has 0 spiro atoms. The number of halogens is 1. The van der Waals surface area contributed by atoms with Gasteiger partial charge in [-0.25, -0.2) is 0 Å². The molecule has 4 aliphatic rings. The second-order valence-electron chi connectivity index (χ2n) is 13.8. The molecule has 4 heteroatoms. The fraction of sp³-hybridized carbons (Fsp3) is 0.667. The zero-order chi connectivity index (χ0) is 27.5. The summed E-state index contributed by atoms with van der Waals surface area (Å²) in [6.45, 7) is 6.75. The topological polar surface area (TPSA) is 6.48 Å². The quantitative estimate of drug-likeness (QED) is 0.237. The molecule has 1 aliphatic heterocycles. The molecule has 6 rings (SSSR count). The van der Waals surface area contributed by atoms with Gasteiger partial charge in [0.15, 0.2) is 0 Å². The Bertz CT molecular complexity index is 1000. The number of para-hydroxylation sites is 2. The van der Waals surface area contributed by atoms with Crippen molar-refractivity contribution in [2.75, 3.05) is 22.9 Å². The molecule has 0 amide bonds. The van der Waals surface area contributed by atoms with E-state index in [2.05, 4.69) is 72.2 Å². The molecule has 1 saturated heterocycles. The van der Waals surface area contributed by atoms with Gasteiger partial charge < -0.3 is 0 Å². The van der Waals surface area contributed by atoms with Crippen molar-refractivity contribution in [2.45, 2.75) is 138 Å². The molecule has 0 radical (unpaired) electrons. The molecule has 220 valence electrons. The summed E-state index contributed by atoms with van der Waals surface area (Å²) < 4.78 is 0. The monoisotopic (exact) mass is 580 g/mol. The summed E-state index contributed by atoms with van der Waals surface area (Å²) in [5, 5.41) is 0.253. The van der Waals surface area contributed by atoms with E-state index in [-0.39, 0.29) is 11.3 Å². The van der Waals surface area contributed by atoms with Crippen molar-refractivity contribution in [3.63, 3.8) is 0 Å². The Morgan fingerprint density at radius 2 is 0.925 bits per heavy atom. The molecule has 2 aromatic carbocycles. The van der Waals surface area contributed by atoms with Crippen LogP contribution in [0.25, 0.3) is 0 Å². The van der Waals surface area contributed by atoms with Crippen molar-refractivity contribution in [1.29, 1.82) is 0 Å². The zero-order valence-electron chi connectivity index (χ0n) is 25.3. The third kappa shape index (κ3) is 5.35. The van der Waals surface area contributed by atoms with E-state index in [0.717, 1.165) is 30.1 Å². The molecule has 4 fully saturated rings. The van der Waals surface area contributed by atoms with Crippen LogP contribution in [0.2, 0.25) is 0 Å². The molecule has 1 atom stereocenters. The van der Waals surface area contributed by atoms with E-state index in [9.17, 15) is 0 Å². The van der Waals surface area contributed by atoms with Crippen LogP contribution in [0.5, 0.6) is 0 Å². The fourth-order valence-corrected chi connectivity index (χ4v) is 20.3. The number of hydrogen-bond donors (Lipinski definition) is 0. The molecule has 0 unspecified atom stereocenters. The van der Waals surface area contributed by atoms with Crippen molar-refractivity contribution in [3.05, 3.63) is 59.7 Å². The Morgan fingerprint density at radius 1 is 0.575 bits per heavy atom. The number of alkyl halides is 1. The first-order valence-corrected chi connectivity index (χ1v) is 19.7. The average molecular weight is 581 g/mol. The predicted octanol–water partition coefficient (Wildman–Crippen LogP) is 10.3. The van der Waals surface area contributed by atoms with Gasteiger partial charge in [0.25, 0.3) is 0 Å². The summed E-state index contributed by atoms with van der Waals surface area (Å²) >= 11 is 8.48. The number of anilines is 2. The van der Waals surface area contributed by atoms with Crippen LogP contribution >= 0.6 is 18.9 Å². The number of benzene rings is 2. The summed E-state index contributed by atoms with van der Waals surface area (Å²) in [6.07, 6.45) is 22.0. The van der Waals surface area contributed by atoms with Gasteiger partial charge in [0.1, 0.15) is 0 Å². The average Bonchev–Trinajstić information content (AvgIpc) is 3.44. The van der Waals surface area contributed by atoms with E-state index in [4.69, 9.17) is 11.6 Å². The Morgan fingerprint density at radius 3 is 1.27 bits per heavy atom. The van der Waals surface area contributed by atoms with E-state index in [1.165, 1.54) is 119 Å². The van der Waals surface area contributed by atoms with E-state index in [1.807, 2.05) is 0 Å². The second kappa shape index (κ2) is 13.0. The van der Waals surface area contributed by atoms with Crippen LogP contribution in [-0.4, -0.2) is 41.4 Å². The third-order valence-electron chi connectivity index (χ3n) is 11.7. The van der Waals surface area contributed by atoms with Gasteiger partial charge in [0.2, 0.25) is 0 Å². The maximum atomic E-state index is 8.48. The standard InChI is InChI=1S/C36H54ClN2P/c1-28-16-12-14-24-33(28)38-26-27-39(34-25-15-13-17-29(34)2)36(38)35(37)40(30-18-6-3-7-19-30,31-20-8-4-9-21-31)32-22-10-5-11-23-32/h12-17,24-25,30-32,35-36,40H,3-11,18-23,26-27H2,1-2H3/t35-/m0/s1. The molecule has 1 heterocycles. The van der Waals surface area contributed by atoms with Crippen molar-refractivity contribution < 1.29 is 0 Å². The van der Waals surface area contributed by atoms with Crippen molar-refractivity contribution in [3.8, 4) is 0 Å². The minimum absolute atomic E-state index is 0.251. The zero-order valence-corrected chi connectivity index (χ0v) is 27.1. The first kappa shape index (κ1) is 28.9. The molecule has 0 aromatic heterocycles. The van der Waals surface area contributed by atoms with Gasteiger partial charge in [-0.15, -0.1) is 0 Å². The molecule has 3 saturated carbocycles. The molecule has 2 aromatic rings. The van der Waals surface area contributed by atoms with Crippen LogP contribution in [0, 0.1) is 13.8 Å². The van der Waals surface area contributed by atoms with Gasteiger partial charge in [-0.3, -0.25) is 0 Å². The third-order valence-corrected chi connectivity index (χ3v) is 20.3. The second-order valence-corrected chi connectivity index (χ2v) is 19.7. The van der Waals surface area contributed by atoms with Gasteiger partial charge in [-0.05, 0) is 0 Å². The number of aryl methyl sites for hydroxylation is 2. The van der Waals surface area contributed by atoms with Crippen LogP contribution < -0.4 is 9.80 Å². The number of rotatable bonds is 7.